The number of aromatic hydroxyl groups is 1. The highest BCUT2D eigenvalue weighted by molar-refractivity contribution is 5.85. The Morgan fingerprint density at radius 3 is 2.69 bits per heavy atom. The molecule has 0 amide bonds. The molecular formula is C9H12ClNO2. The third kappa shape index (κ3) is 2.50. The summed E-state index contributed by atoms with van der Waals surface area (Å²) in [5, 5.41) is 12.2. The van der Waals surface area contributed by atoms with Crippen molar-refractivity contribution in [2.24, 2.45) is 0 Å². The molecule has 0 spiro atoms. The second-order valence-electron chi connectivity index (χ2n) is 2.90. The summed E-state index contributed by atoms with van der Waals surface area (Å²) < 4.78 is 5.51. The van der Waals surface area contributed by atoms with Crippen LogP contribution in [-0.4, -0.2) is 24.3 Å². The average molecular weight is 202 g/mol. The first-order valence-corrected chi connectivity index (χ1v) is 4.01. The molecular weight excluding hydrogens is 190 g/mol. The van der Waals surface area contributed by atoms with E-state index in [9.17, 15) is 0 Å². The zero-order chi connectivity index (χ0) is 8.39. The molecule has 4 heteroatoms. The van der Waals surface area contributed by atoms with Crippen molar-refractivity contribution < 1.29 is 9.84 Å². The van der Waals surface area contributed by atoms with Crippen molar-refractivity contribution in [1.82, 2.24) is 5.32 Å². The van der Waals surface area contributed by atoms with Crippen molar-refractivity contribution >= 4 is 12.4 Å². The fourth-order valence-electron chi connectivity index (χ4n) is 1.09. The fourth-order valence-corrected chi connectivity index (χ4v) is 1.09. The summed E-state index contributed by atoms with van der Waals surface area (Å²) in [6, 6.07) is 6.87. The van der Waals surface area contributed by atoms with Gasteiger partial charge in [-0.15, -0.1) is 12.4 Å². The lowest BCUT2D eigenvalue weighted by Crippen LogP contribution is -2.50. The van der Waals surface area contributed by atoms with E-state index in [0.29, 0.717) is 0 Å². The maximum absolute atomic E-state index is 9.12. The molecule has 1 aliphatic heterocycles. The van der Waals surface area contributed by atoms with Gasteiger partial charge in [-0.25, -0.2) is 0 Å². The summed E-state index contributed by atoms with van der Waals surface area (Å²) in [5.74, 6) is 0.987. The van der Waals surface area contributed by atoms with Crippen LogP contribution in [0.15, 0.2) is 24.3 Å². The Morgan fingerprint density at radius 1 is 1.38 bits per heavy atom. The second-order valence-corrected chi connectivity index (χ2v) is 2.90. The number of phenols is 1. The van der Waals surface area contributed by atoms with Crippen molar-refractivity contribution in [3.05, 3.63) is 24.3 Å². The van der Waals surface area contributed by atoms with E-state index in [1.54, 1.807) is 18.2 Å². The maximum Gasteiger partial charge on any atom is 0.123 e. The third-order valence-corrected chi connectivity index (χ3v) is 1.86. The molecule has 0 atom stereocenters. The lowest BCUT2D eigenvalue weighted by molar-refractivity contribution is 0.142. The van der Waals surface area contributed by atoms with Gasteiger partial charge in [-0.05, 0) is 12.1 Å². The number of rotatable bonds is 2. The average Bonchev–Trinajstić information content (AvgIpc) is 1.97. The first-order valence-electron chi connectivity index (χ1n) is 4.01. The minimum absolute atomic E-state index is 0. The van der Waals surface area contributed by atoms with E-state index < -0.39 is 0 Å². The molecule has 13 heavy (non-hydrogen) atoms. The second kappa shape index (κ2) is 4.35. The van der Waals surface area contributed by atoms with Gasteiger partial charge in [0.15, 0.2) is 0 Å². The van der Waals surface area contributed by atoms with Crippen molar-refractivity contribution in [3.8, 4) is 11.5 Å². The normalized spacial score (nSPS) is 15.7. The molecule has 1 aromatic rings. The quantitative estimate of drug-likeness (QED) is 0.755. The lowest BCUT2D eigenvalue weighted by atomic mass is 10.2. The molecule has 0 bridgehead atoms. The van der Waals surface area contributed by atoms with Crippen LogP contribution in [0.2, 0.25) is 0 Å². The summed E-state index contributed by atoms with van der Waals surface area (Å²) in [7, 11) is 0. The Bertz CT molecular complexity index is 276. The smallest absolute Gasteiger partial charge is 0.123 e. The number of hydrogen-bond acceptors (Lipinski definition) is 3. The molecule has 0 aromatic heterocycles. The monoisotopic (exact) mass is 201 g/mol. The summed E-state index contributed by atoms with van der Waals surface area (Å²) in [6.07, 6.45) is 0.270. The van der Waals surface area contributed by atoms with Crippen LogP contribution in [0.3, 0.4) is 0 Å². The van der Waals surface area contributed by atoms with Gasteiger partial charge in [0.1, 0.15) is 17.6 Å². The van der Waals surface area contributed by atoms with Crippen LogP contribution in [0.4, 0.5) is 0 Å². The number of ether oxygens (including phenoxy) is 1. The number of hydrogen-bond donors (Lipinski definition) is 2. The Balaban J connectivity index is 0.000000845. The molecule has 2 rings (SSSR count). The predicted molar refractivity (Wildman–Crippen MR) is 52.6 cm³/mol. The Morgan fingerprint density at radius 2 is 2.15 bits per heavy atom. The molecule has 1 saturated heterocycles. The van der Waals surface area contributed by atoms with Gasteiger partial charge in [0.05, 0.1) is 0 Å². The summed E-state index contributed by atoms with van der Waals surface area (Å²) >= 11 is 0. The molecule has 3 nitrogen and oxygen atoms in total. The zero-order valence-electron chi connectivity index (χ0n) is 7.06. The summed E-state index contributed by atoms with van der Waals surface area (Å²) in [6.45, 7) is 1.80. The molecule has 0 radical (unpaired) electrons. The molecule has 2 N–H and O–H groups in total. The van der Waals surface area contributed by atoms with Crippen LogP contribution >= 0.6 is 12.4 Å². The highest BCUT2D eigenvalue weighted by Gasteiger charge is 2.17. The van der Waals surface area contributed by atoms with Crippen molar-refractivity contribution in [2.75, 3.05) is 13.1 Å². The van der Waals surface area contributed by atoms with Crippen molar-refractivity contribution in [1.29, 1.82) is 0 Å². The van der Waals surface area contributed by atoms with Gasteiger partial charge in [-0.2, -0.15) is 0 Å². The van der Waals surface area contributed by atoms with Gasteiger partial charge >= 0.3 is 0 Å². The predicted octanol–water partition coefficient (Wildman–Crippen LogP) is 1.16. The third-order valence-electron chi connectivity index (χ3n) is 1.86. The molecule has 1 aromatic carbocycles. The van der Waals surface area contributed by atoms with E-state index in [4.69, 9.17) is 9.84 Å². The molecule has 0 aliphatic carbocycles. The fraction of sp³-hybridized carbons (Fsp3) is 0.333. The van der Waals surface area contributed by atoms with E-state index in [1.165, 1.54) is 0 Å². The Kier molecular flexibility index (Phi) is 3.39. The molecule has 1 aliphatic rings. The van der Waals surface area contributed by atoms with Gasteiger partial charge < -0.3 is 15.2 Å². The number of phenolic OH excluding ortho intramolecular Hbond substituents is 1. The molecule has 1 fully saturated rings. The van der Waals surface area contributed by atoms with Crippen LogP contribution in [0.1, 0.15) is 0 Å². The van der Waals surface area contributed by atoms with Gasteiger partial charge in [-0.1, -0.05) is 6.07 Å². The first kappa shape index (κ1) is 10.2. The van der Waals surface area contributed by atoms with Crippen molar-refractivity contribution in [3.63, 3.8) is 0 Å². The SMILES string of the molecule is Cl.Oc1cccc(OC2CNC2)c1. The van der Waals surface area contributed by atoms with E-state index in [2.05, 4.69) is 5.32 Å². The van der Waals surface area contributed by atoms with Crippen LogP contribution in [0.5, 0.6) is 11.5 Å². The molecule has 1 heterocycles. The van der Waals surface area contributed by atoms with E-state index in [0.717, 1.165) is 18.8 Å². The standard InChI is InChI=1S/C9H11NO2.ClH/c11-7-2-1-3-8(4-7)12-9-5-10-6-9;/h1-4,9-11H,5-6H2;1H. The first-order chi connectivity index (χ1) is 5.84. The Labute approximate surface area is 83.1 Å². The van der Waals surface area contributed by atoms with Gasteiger partial charge in [-0.3, -0.25) is 0 Å². The molecule has 72 valence electrons. The summed E-state index contributed by atoms with van der Waals surface area (Å²) in [5.41, 5.74) is 0. The Hall–Kier alpha value is -0.930. The van der Waals surface area contributed by atoms with E-state index in [1.807, 2.05) is 6.07 Å². The topological polar surface area (TPSA) is 41.5 Å². The number of nitrogens with one attached hydrogen (secondary N) is 1. The van der Waals surface area contributed by atoms with Crippen molar-refractivity contribution in [2.45, 2.75) is 6.10 Å². The largest absolute Gasteiger partial charge is 0.508 e. The highest BCUT2D eigenvalue weighted by Crippen LogP contribution is 2.19. The van der Waals surface area contributed by atoms with E-state index in [-0.39, 0.29) is 24.3 Å². The van der Waals surface area contributed by atoms with Crippen LogP contribution in [0, 0.1) is 0 Å². The zero-order valence-corrected chi connectivity index (χ0v) is 7.88. The minimum Gasteiger partial charge on any atom is -0.508 e. The summed E-state index contributed by atoms with van der Waals surface area (Å²) in [4.78, 5) is 0. The number of benzene rings is 1. The molecule has 0 saturated carbocycles. The van der Waals surface area contributed by atoms with Crippen LogP contribution in [0.25, 0.3) is 0 Å². The minimum atomic E-state index is 0. The highest BCUT2D eigenvalue weighted by atomic mass is 35.5. The van der Waals surface area contributed by atoms with Gasteiger partial charge in [0, 0.05) is 19.2 Å². The van der Waals surface area contributed by atoms with E-state index >= 15 is 0 Å². The molecule has 0 unspecified atom stereocenters. The van der Waals surface area contributed by atoms with Gasteiger partial charge in [0.2, 0.25) is 0 Å². The van der Waals surface area contributed by atoms with Crippen LogP contribution in [-0.2, 0) is 0 Å². The lowest BCUT2D eigenvalue weighted by Gasteiger charge is -2.27. The van der Waals surface area contributed by atoms with Gasteiger partial charge in [0.25, 0.3) is 0 Å². The number of halogens is 1. The maximum atomic E-state index is 9.12. The van der Waals surface area contributed by atoms with Crippen LogP contribution < -0.4 is 10.1 Å².